The zero-order chi connectivity index (χ0) is 12.6. The van der Waals surface area contributed by atoms with Crippen LogP contribution in [0.15, 0.2) is 0 Å². The van der Waals surface area contributed by atoms with Crippen LogP contribution in [0.2, 0.25) is 0 Å². The minimum absolute atomic E-state index is 0.0101. The third-order valence-corrected chi connectivity index (χ3v) is 2.52. The Hall–Kier alpha value is -1.10. The standard InChI is InChI=1S/C11H21NO4/c1-3-5-8(6-10(13)14)7-12-9(4-2)11(15)16/h8-9,12H,3-7H2,1-2H3,(H,13,14)(H,15,16)/t8-,9+/m1/s1. The van der Waals surface area contributed by atoms with Crippen LogP contribution in [0.25, 0.3) is 0 Å². The molecule has 0 aliphatic rings. The molecule has 5 heteroatoms. The lowest BCUT2D eigenvalue weighted by Crippen LogP contribution is -2.39. The largest absolute Gasteiger partial charge is 0.481 e. The maximum atomic E-state index is 10.7. The minimum atomic E-state index is -0.881. The van der Waals surface area contributed by atoms with E-state index in [1.807, 2.05) is 6.92 Å². The highest BCUT2D eigenvalue weighted by atomic mass is 16.4. The molecule has 94 valence electrons. The van der Waals surface area contributed by atoms with Gasteiger partial charge in [0.05, 0.1) is 0 Å². The fourth-order valence-corrected chi connectivity index (χ4v) is 1.65. The third-order valence-electron chi connectivity index (χ3n) is 2.52. The molecule has 3 N–H and O–H groups in total. The number of hydrogen-bond donors (Lipinski definition) is 3. The van der Waals surface area contributed by atoms with Gasteiger partial charge in [0.2, 0.25) is 0 Å². The van der Waals surface area contributed by atoms with E-state index in [0.717, 1.165) is 12.8 Å². The van der Waals surface area contributed by atoms with Crippen molar-refractivity contribution in [3.63, 3.8) is 0 Å². The molecule has 0 bridgehead atoms. The second-order valence-electron chi connectivity index (χ2n) is 3.96. The summed E-state index contributed by atoms with van der Waals surface area (Å²) in [6, 6.07) is -0.576. The van der Waals surface area contributed by atoms with Gasteiger partial charge in [-0.25, -0.2) is 0 Å². The van der Waals surface area contributed by atoms with Crippen molar-refractivity contribution in [3.8, 4) is 0 Å². The molecule has 2 atom stereocenters. The number of carboxylic acid groups (broad SMARTS) is 2. The number of hydrogen-bond acceptors (Lipinski definition) is 3. The molecule has 0 unspecified atom stereocenters. The summed E-state index contributed by atoms with van der Waals surface area (Å²) in [5.74, 6) is -1.70. The average molecular weight is 231 g/mol. The van der Waals surface area contributed by atoms with Crippen LogP contribution in [-0.4, -0.2) is 34.7 Å². The molecule has 0 aliphatic heterocycles. The fraction of sp³-hybridized carbons (Fsp3) is 0.818. The van der Waals surface area contributed by atoms with Crippen LogP contribution in [0.3, 0.4) is 0 Å². The first kappa shape index (κ1) is 14.9. The lowest BCUT2D eigenvalue weighted by Gasteiger charge is -2.18. The molecule has 0 heterocycles. The molecule has 0 aromatic carbocycles. The summed E-state index contributed by atoms with van der Waals surface area (Å²) in [5, 5.41) is 20.4. The van der Waals surface area contributed by atoms with E-state index in [-0.39, 0.29) is 12.3 Å². The lowest BCUT2D eigenvalue weighted by molar-refractivity contribution is -0.139. The van der Waals surface area contributed by atoms with Gasteiger partial charge in [-0.15, -0.1) is 0 Å². The number of nitrogens with one attached hydrogen (secondary N) is 1. The first-order valence-electron chi connectivity index (χ1n) is 5.69. The topological polar surface area (TPSA) is 86.6 Å². The summed E-state index contributed by atoms with van der Waals surface area (Å²) in [5.41, 5.74) is 0. The van der Waals surface area contributed by atoms with Crippen LogP contribution in [0, 0.1) is 5.92 Å². The van der Waals surface area contributed by atoms with Crippen molar-refractivity contribution in [2.45, 2.75) is 45.6 Å². The Bertz CT molecular complexity index is 230. The molecule has 0 spiro atoms. The van der Waals surface area contributed by atoms with Gasteiger partial charge in [-0.3, -0.25) is 9.59 Å². The zero-order valence-electron chi connectivity index (χ0n) is 9.90. The summed E-state index contributed by atoms with van der Waals surface area (Å²) in [6.07, 6.45) is 2.30. The van der Waals surface area contributed by atoms with Crippen LogP contribution < -0.4 is 5.32 Å². The highest BCUT2D eigenvalue weighted by molar-refractivity contribution is 5.73. The Kier molecular flexibility index (Phi) is 7.54. The Morgan fingerprint density at radius 1 is 1.25 bits per heavy atom. The number of carboxylic acids is 2. The SMILES string of the molecule is CCC[C@@H](CN[C@@H](CC)C(=O)O)CC(=O)O. The van der Waals surface area contributed by atoms with Crippen molar-refractivity contribution in [2.75, 3.05) is 6.54 Å². The quantitative estimate of drug-likeness (QED) is 0.557. The van der Waals surface area contributed by atoms with Gasteiger partial charge in [-0.1, -0.05) is 20.3 Å². The Labute approximate surface area is 95.9 Å². The van der Waals surface area contributed by atoms with E-state index in [1.165, 1.54) is 0 Å². The predicted octanol–water partition coefficient (Wildman–Crippen LogP) is 1.33. The van der Waals surface area contributed by atoms with E-state index >= 15 is 0 Å². The van der Waals surface area contributed by atoms with Gasteiger partial charge in [0.1, 0.15) is 6.04 Å². The molecule has 0 radical (unpaired) electrons. The number of aliphatic carboxylic acids is 2. The van der Waals surface area contributed by atoms with Gasteiger partial charge >= 0.3 is 11.9 Å². The molecule has 0 rings (SSSR count). The van der Waals surface area contributed by atoms with Crippen LogP contribution in [0.4, 0.5) is 0 Å². The third kappa shape index (κ3) is 6.40. The van der Waals surface area contributed by atoms with E-state index in [0.29, 0.717) is 13.0 Å². The second-order valence-corrected chi connectivity index (χ2v) is 3.96. The van der Waals surface area contributed by atoms with Crippen molar-refractivity contribution >= 4 is 11.9 Å². The molecule has 5 nitrogen and oxygen atoms in total. The van der Waals surface area contributed by atoms with E-state index in [2.05, 4.69) is 5.32 Å². The Balaban J connectivity index is 4.08. The number of rotatable bonds is 9. The Morgan fingerprint density at radius 2 is 1.88 bits per heavy atom. The molecule has 0 aromatic heterocycles. The monoisotopic (exact) mass is 231 g/mol. The number of carbonyl (C=O) groups is 2. The normalized spacial score (nSPS) is 14.4. The summed E-state index contributed by atoms with van der Waals surface area (Å²) < 4.78 is 0. The molecule has 0 aromatic rings. The molecule has 0 aliphatic carbocycles. The molecule has 0 fully saturated rings. The van der Waals surface area contributed by atoms with Crippen molar-refractivity contribution in [3.05, 3.63) is 0 Å². The van der Waals surface area contributed by atoms with Crippen molar-refractivity contribution in [1.29, 1.82) is 0 Å². The average Bonchev–Trinajstić information content (AvgIpc) is 2.17. The lowest BCUT2D eigenvalue weighted by atomic mass is 9.99. The van der Waals surface area contributed by atoms with Gasteiger partial charge in [-0.05, 0) is 25.3 Å². The zero-order valence-corrected chi connectivity index (χ0v) is 9.90. The van der Waals surface area contributed by atoms with Crippen molar-refractivity contribution in [2.24, 2.45) is 5.92 Å². The minimum Gasteiger partial charge on any atom is -0.481 e. The molecule has 0 saturated heterocycles. The second kappa shape index (κ2) is 8.10. The van der Waals surface area contributed by atoms with E-state index in [1.54, 1.807) is 6.92 Å². The summed E-state index contributed by atoms with van der Waals surface area (Å²) in [4.78, 5) is 21.3. The first-order valence-corrected chi connectivity index (χ1v) is 5.69. The summed E-state index contributed by atoms with van der Waals surface area (Å²) in [6.45, 7) is 4.23. The Morgan fingerprint density at radius 3 is 2.25 bits per heavy atom. The highest BCUT2D eigenvalue weighted by Crippen LogP contribution is 2.10. The van der Waals surface area contributed by atoms with Gasteiger partial charge in [0.15, 0.2) is 0 Å². The van der Waals surface area contributed by atoms with E-state index in [4.69, 9.17) is 10.2 Å². The summed E-state index contributed by atoms with van der Waals surface area (Å²) >= 11 is 0. The maximum absolute atomic E-state index is 10.7. The molecule has 16 heavy (non-hydrogen) atoms. The van der Waals surface area contributed by atoms with Gasteiger partial charge < -0.3 is 15.5 Å². The molecular formula is C11H21NO4. The summed E-state index contributed by atoms with van der Waals surface area (Å²) in [7, 11) is 0. The molecular weight excluding hydrogens is 210 g/mol. The van der Waals surface area contributed by atoms with Crippen LogP contribution >= 0.6 is 0 Å². The smallest absolute Gasteiger partial charge is 0.320 e. The van der Waals surface area contributed by atoms with Gasteiger partial charge in [-0.2, -0.15) is 0 Å². The van der Waals surface area contributed by atoms with Gasteiger partial charge in [0.25, 0.3) is 0 Å². The van der Waals surface area contributed by atoms with Crippen molar-refractivity contribution in [1.82, 2.24) is 5.32 Å². The van der Waals surface area contributed by atoms with Crippen LogP contribution in [0.5, 0.6) is 0 Å². The van der Waals surface area contributed by atoms with Gasteiger partial charge in [0, 0.05) is 6.42 Å². The first-order chi connectivity index (χ1) is 7.51. The molecule has 0 saturated carbocycles. The van der Waals surface area contributed by atoms with E-state index in [9.17, 15) is 9.59 Å². The van der Waals surface area contributed by atoms with Crippen LogP contribution in [-0.2, 0) is 9.59 Å². The maximum Gasteiger partial charge on any atom is 0.320 e. The molecule has 0 amide bonds. The highest BCUT2D eigenvalue weighted by Gasteiger charge is 2.18. The van der Waals surface area contributed by atoms with Crippen molar-refractivity contribution < 1.29 is 19.8 Å². The van der Waals surface area contributed by atoms with E-state index < -0.39 is 18.0 Å². The predicted molar refractivity (Wildman–Crippen MR) is 60.4 cm³/mol. The van der Waals surface area contributed by atoms with Crippen LogP contribution in [0.1, 0.15) is 39.5 Å². The fourth-order valence-electron chi connectivity index (χ4n) is 1.65.